The molecule has 1 aromatic rings. The average molecular weight is 301 g/mol. The average Bonchev–Trinajstić information content (AvgIpc) is 2.37. The number of hydrogen-bond acceptors (Lipinski definition) is 2. The van der Waals surface area contributed by atoms with Crippen LogP contribution in [0, 0.1) is 5.92 Å². The number of hydrogen-bond donors (Lipinski definition) is 3. The molecule has 2 rings (SSSR count). The number of piperidine rings is 1. The number of anilines is 1. The molecule has 1 fully saturated rings. The Balaban J connectivity index is 1.93. The molecule has 0 bridgehead atoms. The summed E-state index contributed by atoms with van der Waals surface area (Å²) in [5, 5.41) is 8.39. The lowest BCUT2D eigenvalue weighted by Gasteiger charge is -2.28. The molecule has 7 heteroatoms. The van der Waals surface area contributed by atoms with Gasteiger partial charge >= 0.3 is 12.2 Å². The fourth-order valence-corrected chi connectivity index (χ4v) is 2.39. The van der Waals surface area contributed by atoms with E-state index in [2.05, 4.69) is 22.9 Å². The molecule has 2 unspecified atom stereocenters. The number of alkyl halides is 3. The highest BCUT2D eigenvalue weighted by Crippen LogP contribution is 2.30. The van der Waals surface area contributed by atoms with Gasteiger partial charge < -0.3 is 16.0 Å². The third kappa shape index (κ3) is 4.63. The quantitative estimate of drug-likeness (QED) is 0.787. The van der Waals surface area contributed by atoms with E-state index in [9.17, 15) is 18.0 Å². The smallest absolute Gasteiger partial charge is 0.334 e. The van der Waals surface area contributed by atoms with Crippen LogP contribution in [-0.2, 0) is 6.18 Å². The van der Waals surface area contributed by atoms with Crippen molar-refractivity contribution in [3.05, 3.63) is 29.8 Å². The summed E-state index contributed by atoms with van der Waals surface area (Å²) in [6, 6.07) is 4.07. The molecular formula is C14H18F3N3O. The van der Waals surface area contributed by atoms with E-state index in [0.717, 1.165) is 25.1 Å². The van der Waals surface area contributed by atoms with Gasteiger partial charge in [-0.2, -0.15) is 13.2 Å². The number of rotatable bonds is 2. The van der Waals surface area contributed by atoms with Gasteiger partial charge in [-0.25, -0.2) is 4.79 Å². The normalized spacial score (nSPS) is 22.7. The van der Waals surface area contributed by atoms with Crippen molar-refractivity contribution < 1.29 is 18.0 Å². The van der Waals surface area contributed by atoms with Crippen LogP contribution >= 0.6 is 0 Å². The van der Waals surface area contributed by atoms with Crippen LogP contribution in [0.5, 0.6) is 0 Å². The molecule has 1 saturated heterocycles. The molecular weight excluding hydrogens is 283 g/mol. The molecule has 4 nitrogen and oxygen atoms in total. The Morgan fingerprint density at radius 3 is 2.76 bits per heavy atom. The van der Waals surface area contributed by atoms with E-state index in [-0.39, 0.29) is 11.7 Å². The lowest BCUT2D eigenvalue weighted by molar-refractivity contribution is -0.137. The minimum atomic E-state index is -4.42. The van der Waals surface area contributed by atoms with Crippen LogP contribution < -0.4 is 16.0 Å². The first-order valence-corrected chi connectivity index (χ1v) is 6.80. The van der Waals surface area contributed by atoms with Gasteiger partial charge in [-0.3, -0.25) is 0 Å². The number of benzene rings is 1. The van der Waals surface area contributed by atoms with E-state index >= 15 is 0 Å². The zero-order valence-corrected chi connectivity index (χ0v) is 11.6. The van der Waals surface area contributed by atoms with Gasteiger partial charge in [-0.15, -0.1) is 0 Å². The predicted octanol–water partition coefficient (Wildman–Crippen LogP) is 2.82. The van der Waals surface area contributed by atoms with Gasteiger partial charge in [-0.1, -0.05) is 13.0 Å². The summed E-state index contributed by atoms with van der Waals surface area (Å²) in [4.78, 5) is 11.8. The number of carbonyl (C=O) groups is 1. The summed E-state index contributed by atoms with van der Waals surface area (Å²) in [6.45, 7) is 3.65. The van der Waals surface area contributed by atoms with Crippen molar-refractivity contribution in [3.63, 3.8) is 0 Å². The molecule has 0 aromatic heterocycles. The Morgan fingerprint density at radius 1 is 1.33 bits per heavy atom. The molecule has 2 atom stereocenters. The van der Waals surface area contributed by atoms with Crippen molar-refractivity contribution in [1.82, 2.24) is 10.6 Å². The van der Waals surface area contributed by atoms with E-state index < -0.39 is 17.8 Å². The lowest BCUT2D eigenvalue weighted by Crippen LogP contribution is -2.49. The Bertz CT molecular complexity index is 504. The maximum absolute atomic E-state index is 12.6. The highest BCUT2D eigenvalue weighted by molar-refractivity contribution is 5.89. The van der Waals surface area contributed by atoms with Crippen LogP contribution in [0.15, 0.2) is 24.3 Å². The van der Waals surface area contributed by atoms with E-state index in [1.165, 1.54) is 12.1 Å². The van der Waals surface area contributed by atoms with Gasteiger partial charge in [0.05, 0.1) is 5.56 Å². The largest absolute Gasteiger partial charge is 0.416 e. The summed E-state index contributed by atoms with van der Waals surface area (Å²) in [7, 11) is 0. The Kier molecular flexibility index (Phi) is 4.72. The molecule has 1 heterocycles. The maximum Gasteiger partial charge on any atom is 0.416 e. The number of nitrogens with one attached hydrogen (secondary N) is 3. The molecule has 0 aliphatic carbocycles. The first-order chi connectivity index (χ1) is 9.84. The van der Waals surface area contributed by atoms with Crippen LogP contribution in [0.1, 0.15) is 18.9 Å². The summed E-state index contributed by atoms with van der Waals surface area (Å²) in [5.41, 5.74) is -0.660. The molecule has 0 radical (unpaired) electrons. The molecule has 1 aromatic carbocycles. The van der Waals surface area contributed by atoms with E-state index in [1.54, 1.807) is 0 Å². The van der Waals surface area contributed by atoms with Crippen molar-refractivity contribution >= 4 is 11.7 Å². The van der Waals surface area contributed by atoms with Crippen molar-refractivity contribution in [3.8, 4) is 0 Å². The minimum absolute atomic E-state index is 0.0143. The third-order valence-electron chi connectivity index (χ3n) is 3.35. The topological polar surface area (TPSA) is 53.2 Å². The van der Waals surface area contributed by atoms with Crippen molar-refractivity contribution in [2.24, 2.45) is 5.92 Å². The van der Waals surface area contributed by atoms with Crippen LogP contribution in [0.3, 0.4) is 0 Å². The zero-order valence-electron chi connectivity index (χ0n) is 11.6. The SMILES string of the molecule is CC1CNCC(NC(=O)Nc2cccc(C(F)(F)F)c2)C1. The predicted molar refractivity (Wildman–Crippen MR) is 74.0 cm³/mol. The fraction of sp³-hybridized carbons (Fsp3) is 0.500. The molecule has 1 aliphatic rings. The van der Waals surface area contributed by atoms with Gasteiger partial charge in [0, 0.05) is 18.3 Å². The summed E-state index contributed by atoms with van der Waals surface area (Å²) < 4.78 is 37.8. The van der Waals surface area contributed by atoms with Gasteiger partial charge in [0.1, 0.15) is 0 Å². The second-order valence-electron chi connectivity index (χ2n) is 5.37. The monoisotopic (exact) mass is 301 g/mol. The number of halogens is 3. The Labute approximate surface area is 121 Å². The van der Waals surface area contributed by atoms with Gasteiger partial charge in [0.15, 0.2) is 0 Å². The summed E-state index contributed by atoms with van der Waals surface area (Å²) in [6.07, 6.45) is -3.57. The standard InChI is InChI=1S/C14H18F3N3O/c1-9-5-12(8-18-7-9)20-13(21)19-11-4-2-3-10(6-11)14(15,16)17/h2-4,6,9,12,18H,5,7-8H2,1H3,(H2,19,20,21). The first kappa shape index (κ1) is 15.6. The molecule has 1 aliphatic heterocycles. The second-order valence-corrected chi connectivity index (χ2v) is 5.37. The maximum atomic E-state index is 12.6. The molecule has 21 heavy (non-hydrogen) atoms. The summed E-state index contributed by atoms with van der Waals surface area (Å²) >= 11 is 0. The fourth-order valence-electron chi connectivity index (χ4n) is 2.39. The Hall–Kier alpha value is -1.76. The minimum Gasteiger partial charge on any atom is -0.334 e. The van der Waals surface area contributed by atoms with E-state index in [4.69, 9.17) is 0 Å². The van der Waals surface area contributed by atoms with Crippen molar-refractivity contribution in [2.45, 2.75) is 25.6 Å². The van der Waals surface area contributed by atoms with Crippen molar-refractivity contribution in [1.29, 1.82) is 0 Å². The second kappa shape index (κ2) is 6.34. The van der Waals surface area contributed by atoms with Crippen LogP contribution in [0.25, 0.3) is 0 Å². The van der Waals surface area contributed by atoms with Crippen LogP contribution in [-0.4, -0.2) is 25.2 Å². The number of amides is 2. The van der Waals surface area contributed by atoms with Gasteiger partial charge in [0.2, 0.25) is 0 Å². The van der Waals surface area contributed by atoms with Crippen LogP contribution in [0.4, 0.5) is 23.7 Å². The lowest BCUT2D eigenvalue weighted by atomic mass is 9.98. The highest BCUT2D eigenvalue weighted by atomic mass is 19.4. The number of urea groups is 1. The molecule has 116 valence electrons. The highest BCUT2D eigenvalue weighted by Gasteiger charge is 2.30. The van der Waals surface area contributed by atoms with Gasteiger partial charge in [-0.05, 0) is 37.1 Å². The number of carbonyl (C=O) groups excluding carboxylic acids is 1. The molecule has 0 saturated carbocycles. The first-order valence-electron chi connectivity index (χ1n) is 6.80. The molecule has 2 amide bonds. The van der Waals surface area contributed by atoms with E-state index in [0.29, 0.717) is 12.5 Å². The molecule has 3 N–H and O–H groups in total. The summed E-state index contributed by atoms with van der Waals surface area (Å²) in [5.74, 6) is 0.456. The Morgan fingerprint density at radius 2 is 2.10 bits per heavy atom. The van der Waals surface area contributed by atoms with Crippen molar-refractivity contribution in [2.75, 3.05) is 18.4 Å². The molecule has 0 spiro atoms. The zero-order chi connectivity index (χ0) is 15.5. The van der Waals surface area contributed by atoms with Crippen LogP contribution in [0.2, 0.25) is 0 Å². The van der Waals surface area contributed by atoms with Gasteiger partial charge in [0.25, 0.3) is 0 Å². The van der Waals surface area contributed by atoms with E-state index in [1.807, 2.05) is 0 Å². The third-order valence-corrected chi connectivity index (χ3v) is 3.35.